The third-order valence-electron chi connectivity index (χ3n) is 2.44. The Balaban J connectivity index is 2.03. The van der Waals surface area contributed by atoms with Crippen LogP contribution in [0.2, 0.25) is 0 Å². The van der Waals surface area contributed by atoms with E-state index in [2.05, 4.69) is 31.0 Å². The normalized spacial score (nSPS) is 11.2. The van der Waals surface area contributed by atoms with Crippen molar-refractivity contribution in [2.24, 2.45) is 0 Å². The molecule has 3 aromatic heterocycles. The molecule has 0 atom stereocenters. The summed E-state index contributed by atoms with van der Waals surface area (Å²) in [5.74, 6) is 1.45. The third kappa shape index (κ3) is 1.95. The van der Waals surface area contributed by atoms with Crippen LogP contribution in [0.1, 0.15) is 11.7 Å². The van der Waals surface area contributed by atoms with Crippen molar-refractivity contribution in [1.29, 1.82) is 0 Å². The summed E-state index contributed by atoms with van der Waals surface area (Å²) < 4.78 is 8.20. The molecule has 0 aromatic carbocycles. The van der Waals surface area contributed by atoms with Crippen LogP contribution < -0.4 is 0 Å². The quantitative estimate of drug-likeness (QED) is 0.728. The molecule has 86 valence electrons. The van der Waals surface area contributed by atoms with Gasteiger partial charge in [0.05, 0.1) is 17.9 Å². The van der Waals surface area contributed by atoms with Crippen LogP contribution in [0.4, 0.5) is 0 Å². The van der Waals surface area contributed by atoms with Crippen LogP contribution in [0.15, 0.2) is 33.5 Å². The van der Waals surface area contributed by atoms with E-state index in [4.69, 9.17) is 4.42 Å². The molecular weight excluding hydrogens is 284 g/mol. The minimum Gasteiger partial charge on any atom is -0.444 e. The number of rotatable bonds is 2. The van der Waals surface area contributed by atoms with Crippen molar-refractivity contribution in [3.8, 4) is 0 Å². The lowest BCUT2D eigenvalue weighted by molar-refractivity contribution is 0.456. The van der Waals surface area contributed by atoms with Crippen molar-refractivity contribution >= 4 is 27.0 Å². The summed E-state index contributed by atoms with van der Waals surface area (Å²) in [6.45, 7) is 2.38. The molecule has 0 saturated heterocycles. The average molecular weight is 293 g/mol. The maximum absolute atomic E-state index is 5.43. The molecule has 0 spiro atoms. The Labute approximate surface area is 106 Å². The third-order valence-corrected chi connectivity index (χ3v) is 2.87. The SMILES string of the molecule is Cc1ncc(Cn2ncc3ncc(Br)cc32)o1. The first-order chi connectivity index (χ1) is 8.22. The molecule has 0 bridgehead atoms. The van der Waals surface area contributed by atoms with Gasteiger partial charge in [0.1, 0.15) is 17.8 Å². The summed E-state index contributed by atoms with van der Waals surface area (Å²) in [5.41, 5.74) is 1.83. The first-order valence-corrected chi connectivity index (χ1v) is 5.90. The van der Waals surface area contributed by atoms with Gasteiger partial charge >= 0.3 is 0 Å². The van der Waals surface area contributed by atoms with E-state index in [0.29, 0.717) is 12.4 Å². The van der Waals surface area contributed by atoms with Crippen molar-refractivity contribution in [3.63, 3.8) is 0 Å². The van der Waals surface area contributed by atoms with Crippen molar-refractivity contribution in [1.82, 2.24) is 19.7 Å². The van der Waals surface area contributed by atoms with Gasteiger partial charge in [-0.25, -0.2) is 4.98 Å². The molecule has 0 aliphatic rings. The van der Waals surface area contributed by atoms with E-state index in [1.54, 1.807) is 18.6 Å². The highest BCUT2D eigenvalue weighted by molar-refractivity contribution is 9.10. The lowest BCUT2D eigenvalue weighted by Gasteiger charge is -2.00. The Morgan fingerprint density at radius 2 is 2.18 bits per heavy atom. The van der Waals surface area contributed by atoms with Gasteiger partial charge in [0, 0.05) is 17.6 Å². The molecule has 0 saturated carbocycles. The Morgan fingerprint density at radius 3 is 2.94 bits per heavy atom. The maximum Gasteiger partial charge on any atom is 0.191 e. The van der Waals surface area contributed by atoms with Crippen molar-refractivity contribution in [2.45, 2.75) is 13.5 Å². The molecule has 0 aliphatic heterocycles. The molecule has 0 unspecified atom stereocenters. The van der Waals surface area contributed by atoms with Crippen LogP contribution in [0.25, 0.3) is 11.0 Å². The Bertz CT molecular complexity index is 673. The zero-order valence-corrected chi connectivity index (χ0v) is 10.7. The van der Waals surface area contributed by atoms with E-state index in [9.17, 15) is 0 Å². The van der Waals surface area contributed by atoms with Gasteiger partial charge in [0.25, 0.3) is 0 Å². The first-order valence-electron chi connectivity index (χ1n) is 5.11. The number of aryl methyl sites for hydroxylation is 1. The number of oxazole rings is 1. The van der Waals surface area contributed by atoms with Gasteiger partial charge in [-0.05, 0) is 22.0 Å². The number of nitrogens with zero attached hydrogens (tertiary/aromatic N) is 4. The number of halogens is 1. The van der Waals surface area contributed by atoms with Crippen molar-refractivity contribution < 1.29 is 4.42 Å². The standard InChI is InChI=1S/C11H9BrN4O/c1-7-13-4-9(17-7)6-16-11-2-8(12)3-14-10(11)5-15-16/h2-5H,6H2,1H3. The van der Waals surface area contributed by atoms with Crippen LogP contribution in [0.3, 0.4) is 0 Å². The molecule has 3 aromatic rings. The number of aromatic nitrogens is 4. The maximum atomic E-state index is 5.43. The molecular formula is C11H9BrN4O. The highest BCUT2D eigenvalue weighted by atomic mass is 79.9. The second-order valence-electron chi connectivity index (χ2n) is 3.71. The van der Waals surface area contributed by atoms with E-state index in [1.807, 2.05) is 17.7 Å². The highest BCUT2D eigenvalue weighted by Gasteiger charge is 2.07. The topological polar surface area (TPSA) is 56.7 Å². The summed E-state index contributed by atoms with van der Waals surface area (Å²) in [6.07, 6.45) is 5.21. The fourth-order valence-electron chi connectivity index (χ4n) is 1.68. The molecule has 5 nitrogen and oxygen atoms in total. The van der Waals surface area contributed by atoms with Gasteiger partial charge in [-0.2, -0.15) is 5.10 Å². The summed E-state index contributed by atoms with van der Waals surface area (Å²) >= 11 is 3.40. The van der Waals surface area contributed by atoms with Gasteiger partial charge < -0.3 is 4.42 Å². The van der Waals surface area contributed by atoms with Crippen molar-refractivity contribution in [3.05, 3.63) is 40.8 Å². The summed E-state index contributed by atoms with van der Waals surface area (Å²) in [4.78, 5) is 8.33. The molecule has 3 rings (SSSR count). The largest absolute Gasteiger partial charge is 0.444 e. The van der Waals surface area contributed by atoms with Crippen LogP contribution in [0, 0.1) is 6.92 Å². The molecule has 0 radical (unpaired) electrons. The Hall–Kier alpha value is -1.69. The fourth-order valence-corrected chi connectivity index (χ4v) is 2.00. The predicted octanol–water partition coefficient (Wildman–Crippen LogP) is 2.54. The summed E-state index contributed by atoms with van der Waals surface area (Å²) in [5, 5.41) is 4.29. The van der Waals surface area contributed by atoms with E-state index < -0.39 is 0 Å². The van der Waals surface area contributed by atoms with Gasteiger partial charge in [-0.15, -0.1) is 0 Å². The number of hydrogen-bond donors (Lipinski definition) is 0. The molecule has 0 fully saturated rings. The lowest BCUT2D eigenvalue weighted by Crippen LogP contribution is -2.00. The smallest absolute Gasteiger partial charge is 0.191 e. The minimum atomic E-state index is 0.558. The van der Waals surface area contributed by atoms with E-state index in [1.165, 1.54) is 0 Å². The first kappa shape index (κ1) is 10.5. The van der Waals surface area contributed by atoms with Crippen LogP contribution in [0.5, 0.6) is 0 Å². The second-order valence-corrected chi connectivity index (χ2v) is 4.62. The predicted molar refractivity (Wildman–Crippen MR) is 65.6 cm³/mol. The number of pyridine rings is 1. The number of hydrogen-bond acceptors (Lipinski definition) is 4. The van der Waals surface area contributed by atoms with Gasteiger partial charge in [0.15, 0.2) is 5.89 Å². The summed E-state index contributed by atoms with van der Waals surface area (Å²) in [6, 6.07) is 1.98. The zero-order valence-electron chi connectivity index (χ0n) is 9.09. The zero-order chi connectivity index (χ0) is 11.8. The Morgan fingerprint density at radius 1 is 1.29 bits per heavy atom. The molecule has 17 heavy (non-hydrogen) atoms. The average Bonchev–Trinajstić information content (AvgIpc) is 2.87. The van der Waals surface area contributed by atoms with Gasteiger partial charge in [-0.3, -0.25) is 9.67 Å². The Kier molecular flexibility index (Phi) is 2.44. The van der Waals surface area contributed by atoms with Crippen molar-refractivity contribution in [2.75, 3.05) is 0 Å². The van der Waals surface area contributed by atoms with Crippen LogP contribution >= 0.6 is 15.9 Å². The lowest BCUT2D eigenvalue weighted by atomic mass is 10.4. The molecule has 0 amide bonds. The monoisotopic (exact) mass is 292 g/mol. The number of fused-ring (bicyclic) bond motifs is 1. The molecule has 0 aliphatic carbocycles. The van der Waals surface area contributed by atoms with E-state index >= 15 is 0 Å². The second kappa shape index (κ2) is 3.96. The van der Waals surface area contributed by atoms with E-state index in [0.717, 1.165) is 21.3 Å². The summed E-state index contributed by atoms with van der Waals surface area (Å²) in [7, 11) is 0. The van der Waals surface area contributed by atoms with E-state index in [-0.39, 0.29) is 0 Å². The minimum absolute atomic E-state index is 0.558. The van der Waals surface area contributed by atoms with Crippen LogP contribution in [-0.4, -0.2) is 19.7 Å². The highest BCUT2D eigenvalue weighted by Crippen LogP contribution is 2.17. The van der Waals surface area contributed by atoms with Gasteiger partial charge in [-0.1, -0.05) is 0 Å². The molecule has 6 heteroatoms. The molecule has 0 N–H and O–H groups in total. The molecule has 3 heterocycles. The van der Waals surface area contributed by atoms with Gasteiger partial charge in [0.2, 0.25) is 0 Å². The fraction of sp³-hybridized carbons (Fsp3) is 0.182. The van der Waals surface area contributed by atoms with Crippen LogP contribution in [-0.2, 0) is 6.54 Å².